The highest BCUT2D eigenvalue weighted by Crippen LogP contribution is 2.26. The van der Waals surface area contributed by atoms with Gasteiger partial charge in [-0.3, -0.25) is 9.80 Å². The van der Waals surface area contributed by atoms with Gasteiger partial charge in [-0.25, -0.2) is 0 Å². The van der Waals surface area contributed by atoms with Crippen LogP contribution < -0.4 is 0 Å². The minimum Gasteiger partial charge on any atom is -0.382 e. The van der Waals surface area contributed by atoms with E-state index in [2.05, 4.69) is 30.6 Å². The van der Waals surface area contributed by atoms with Crippen molar-refractivity contribution in [3.63, 3.8) is 0 Å². The summed E-state index contributed by atoms with van der Waals surface area (Å²) in [6.45, 7) is 17.2. The van der Waals surface area contributed by atoms with Crippen molar-refractivity contribution in [2.24, 2.45) is 5.92 Å². The van der Waals surface area contributed by atoms with E-state index in [-0.39, 0.29) is 0 Å². The average molecular weight is 382 g/mol. The van der Waals surface area contributed by atoms with Crippen LogP contribution in [0.3, 0.4) is 0 Å². The summed E-state index contributed by atoms with van der Waals surface area (Å²) >= 11 is 0. The van der Waals surface area contributed by atoms with E-state index in [9.17, 15) is 0 Å². The molecule has 2 fully saturated rings. The van der Waals surface area contributed by atoms with Crippen LogP contribution in [0.2, 0.25) is 0 Å². The van der Waals surface area contributed by atoms with E-state index in [0.717, 1.165) is 51.2 Å². The maximum Gasteiger partial charge on any atom is 0.0480 e. The third-order valence-electron chi connectivity index (χ3n) is 6.49. The molecule has 2 aliphatic rings. The predicted octanol–water partition coefficient (Wildman–Crippen LogP) is 4.39. The van der Waals surface area contributed by atoms with Gasteiger partial charge in [0.15, 0.2) is 0 Å². The molecule has 2 saturated heterocycles. The smallest absolute Gasteiger partial charge is 0.0480 e. The molecular formula is C23H45N2O2. The van der Waals surface area contributed by atoms with Crippen molar-refractivity contribution >= 4 is 0 Å². The van der Waals surface area contributed by atoms with Gasteiger partial charge in [0, 0.05) is 45.1 Å². The van der Waals surface area contributed by atoms with Crippen LogP contribution in [0.1, 0.15) is 71.6 Å². The molecule has 0 aromatic carbocycles. The molecule has 159 valence electrons. The van der Waals surface area contributed by atoms with Gasteiger partial charge in [-0.2, -0.15) is 0 Å². The Labute approximate surface area is 169 Å². The molecular weight excluding hydrogens is 336 g/mol. The number of ether oxygens (including phenoxy) is 2. The van der Waals surface area contributed by atoms with Crippen molar-refractivity contribution in [1.82, 2.24) is 9.80 Å². The molecule has 0 aromatic rings. The van der Waals surface area contributed by atoms with E-state index in [0.29, 0.717) is 6.04 Å². The molecule has 2 atom stereocenters. The highest BCUT2D eigenvalue weighted by Gasteiger charge is 2.30. The number of hydrogen-bond acceptors (Lipinski definition) is 4. The minimum absolute atomic E-state index is 0.631. The first kappa shape index (κ1) is 23.1. The lowest BCUT2D eigenvalue weighted by atomic mass is 9.91. The molecule has 4 nitrogen and oxygen atoms in total. The summed E-state index contributed by atoms with van der Waals surface area (Å²) < 4.78 is 11.2. The van der Waals surface area contributed by atoms with E-state index in [4.69, 9.17) is 9.47 Å². The van der Waals surface area contributed by atoms with Gasteiger partial charge in [0.2, 0.25) is 0 Å². The monoisotopic (exact) mass is 381 g/mol. The number of piperidine rings is 1. The van der Waals surface area contributed by atoms with Gasteiger partial charge in [0.1, 0.15) is 0 Å². The first-order valence-electron chi connectivity index (χ1n) is 11.7. The summed E-state index contributed by atoms with van der Waals surface area (Å²) in [7, 11) is 0. The van der Waals surface area contributed by atoms with E-state index in [1.807, 2.05) is 0 Å². The predicted molar refractivity (Wildman–Crippen MR) is 114 cm³/mol. The summed E-state index contributed by atoms with van der Waals surface area (Å²) in [5.74, 6) is 0.905. The molecule has 4 heteroatoms. The SMILES string of the molecule is [CH2]CC(CN1CCCC1CCOCC)N1CCC(CCCOCCC)CC1. The maximum absolute atomic E-state index is 5.64. The van der Waals surface area contributed by atoms with E-state index in [1.165, 1.54) is 71.1 Å². The second-order valence-electron chi connectivity index (χ2n) is 8.45. The van der Waals surface area contributed by atoms with Gasteiger partial charge < -0.3 is 9.47 Å². The number of likely N-dealkylation sites (tertiary alicyclic amines) is 2. The molecule has 27 heavy (non-hydrogen) atoms. The molecule has 2 aliphatic heterocycles. The Kier molecular flexibility index (Phi) is 11.9. The van der Waals surface area contributed by atoms with Crippen LogP contribution in [0, 0.1) is 12.8 Å². The van der Waals surface area contributed by atoms with Gasteiger partial charge >= 0.3 is 0 Å². The van der Waals surface area contributed by atoms with E-state index < -0.39 is 0 Å². The van der Waals surface area contributed by atoms with Crippen LogP contribution in [0.15, 0.2) is 0 Å². The number of nitrogens with zero attached hydrogens (tertiary/aromatic N) is 2. The molecule has 0 N–H and O–H groups in total. The molecule has 2 rings (SSSR count). The fourth-order valence-corrected chi connectivity index (χ4v) is 4.81. The van der Waals surface area contributed by atoms with Crippen molar-refractivity contribution < 1.29 is 9.47 Å². The molecule has 1 radical (unpaired) electrons. The van der Waals surface area contributed by atoms with Gasteiger partial charge in [-0.1, -0.05) is 13.8 Å². The molecule has 0 aliphatic carbocycles. The molecule has 0 aromatic heterocycles. The van der Waals surface area contributed by atoms with Gasteiger partial charge in [-0.05, 0) is 90.3 Å². The first-order valence-corrected chi connectivity index (χ1v) is 11.7. The topological polar surface area (TPSA) is 24.9 Å². The van der Waals surface area contributed by atoms with Gasteiger partial charge in [-0.15, -0.1) is 0 Å². The maximum atomic E-state index is 5.64. The van der Waals surface area contributed by atoms with Crippen LogP contribution in [-0.4, -0.2) is 74.5 Å². The van der Waals surface area contributed by atoms with Crippen molar-refractivity contribution in [2.75, 3.05) is 52.6 Å². The highest BCUT2D eigenvalue weighted by molar-refractivity contribution is 4.86. The molecule has 0 spiro atoms. The lowest BCUT2D eigenvalue weighted by molar-refractivity contribution is 0.0759. The second kappa shape index (κ2) is 13.9. The zero-order chi connectivity index (χ0) is 19.3. The molecule has 0 saturated carbocycles. The third kappa shape index (κ3) is 8.39. The van der Waals surface area contributed by atoms with Crippen molar-refractivity contribution in [3.8, 4) is 0 Å². The van der Waals surface area contributed by atoms with Crippen LogP contribution >= 0.6 is 0 Å². The van der Waals surface area contributed by atoms with Crippen molar-refractivity contribution in [3.05, 3.63) is 6.92 Å². The third-order valence-corrected chi connectivity index (χ3v) is 6.49. The lowest BCUT2D eigenvalue weighted by Crippen LogP contribution is -2.48. The Balaban J connectivity index is 1.67. The fraction of sp³-hybridized carbons (Fsp3) is 0.957. The van der Waals surface area contributed by atoms with Crippen molar-refractivity contribution in [1.29, 1.82) is 0 Å². The lowest BCUT2D eigenvalue weighted by Gasteiger charge is -2.40. The molecule has 0 bridgehead atoms. The van der Waals surface area contributed by atoms with Crippen LogP contribution in [0.25, 0.3) is 0 Å². The van der Waals surface area contributed by atoms with Gasteiger partial charge in [0.05, 0.1) is 0 Å². The summed E-state index contributed by atoms with van der Waals surface area (Å²) in [5.41, 5.74) is 0. The summed E-state index contributed by atoms with van der Waals surface area (Å²) in [6, 6.07) is 1.36. The Morgan fingerprint density at radius 3 is 2.48 bits per heavy atom. The summed E-state index contributed by atoms with van der Waals surface area (Å²) in [4.78, 5) is 5.46. The Hall–Kier alpha value is -0.160. The molecule has 2 heterocycles. The number of rotatable bonds is 14. The summed E-state index contributed by atoms with van der Waals surface area (Å²) in [5, 5.41) is 0. The molecule has 2 unspecified atom stereocenters. The largest absolute Gasteiger partial charge is 0.382 e. The zero-order valence-electron chi connectivity index (χ0n) is 18.2. The number of hydrogen-bond donors (Lipinski definition) is 0. The normalized spacial score (nSPS) is 23.9. The second-order valence-corrected chi connectivity index (χ2v) is 8.45. The fourth-order valence-electron chi connectivity index (χ4n) is 4.81. The van der Waals surface area contributed by atoms with E-state index in [1.54, 1.807) is 0 Å². The van der Waals surface area contributed by atoms with Crippen molar-refractivity contribution in [2.45, 2.75) is 83.7 Å². The quantitative estimate of drug-likeness (QED) is 0.417. The Morgan fingerprint density at radius 2 is 1.78 bits per heavy atom. The van der Waals surface area contributed by atoms with Crippen LogP contribution in [-0.2, 0) is 9.47 Å². The minimum atomic E-state index is 0.631. The Bertz CT molecular complexity index is 358. The average Bonchev–Trinajstić information content (AvgIpc) is 3.14. The van der Waals surface area contributed by atoms with Crippen LogP contribution in [0.4, 0.5) is 0 Å². The standard InChI is InChI=1S/C23H45N2O2/c1-4-17-27-18-8-9-21-11-15-24(16-12-21)22(5-2)20-25-14-7-10-23(25)13-19-26-6-3/h21-23H,2,4-20H2,1,3H3. The van der Waals surface area contributed by atoms with Crippen LogP contribution in [0.5, 0.6) is 0 Å². The zero-order valence-corrected chi connectivity index (χ0v) is 18.2. The highest BCUT2D eigenvalue weighted by atomic mass is 16.5. The Morgan fingerprint density at radius 1 is 0.963 bits per heavy atom. The van der Waals surface area contributed by atoms with E-state index >= 15 is 0 Å². The van der Waals surface area contributed by atoms with Gasteiger partial charge in [0.25, 0.3) is 0 Å². The first-order chi connectivity index (χ1) is 13.3. The summed E-state index contributed by atoms with van der Waals surface area (Å²) in [6.07, 6.45) is 11.4. The molecule has 0 amide bonds.